The number of rotatable bonds is 4. The van der Waals surface area contributed by atoms with E-state index in [0.29, 0.717) is 22.6 Å². The summed E-state index contributed by atoms with van der Waals surface area (Å²) < 4.78 is 18.5. The van der Waals surface area contributed by atoms with Crippen LogP contribution >= 0.6 is 0 Å². The molecule has 0 unspecified atom stereocenters. The van der Waals surface area contributed by atoms with Crippen LogP contribution in [-0.4, -0.2) is 28.2 Å². The normalized spacial score (nSPS) is 10.2. The van der Waals surface area contributed by atoms with Crippen molar-refractivity contribution >= 4 is 5.97 Å². The van der Waals surface area contributed by atoms with Gasteiger partial charge in [-0.2, -0.15) is 0 Å². The fourth-order valence-electron chi connectivity index (χ4n) is 1.76. The summed E-state index contributed by atoms with van der Waals surface area (Å²) in [6.07, 6.45) is 2.45. The first-order chi connectivity index (χ1) is 9.11. The third-order valence-corrected chi connectivity index (χ3v) is 2.55. The van der Waals surface area contributed by atoms with Gasteiger partial charge in [0.25, 0.3) is 0 Å². The largest absolute Gasteiger partial charge is 0.496 e. The summed E-state index contributed by atoms with van der Waals surface area (Å²) >= 11 is 0. The lowest BCUT2D eigenvalue weighted by molar-refractivity contribution is -0.136. The van der Waals surface area contributed by atoms with Crippen LogP contribution in [0.15, 0.2) is 30.7 Å². The lowest BCUT2D eigenvalue weighted by Crippen LogP contribution is -2.04. The highest BCUT2D eigenvalue weighted by molar-refractivity contribution is 5.76. The first-order valence-corrected chi connectivity index (χ1v) is 5.46. The summed E-state index contributed by atoms with van der Waals surface area (Å²) in [5.41, 5.74) is 1.16. The Bertz CT molecular complexity index is 617. The molecule has 0 saturated carbocycles. The minimum absolute atomic E-state index is 0.240. The molecule has 0 bridgehead atoms. The maximum absolute atomic E-state index is 13.3. The zero-order chi connectivity index (χ0) is 13.8. The number of benzene rings is 1. The van der Waals surface area contributed by atoms with Crippen LogP contribution in [0.3, 0.4) is 0 Å². The number of hydrogen-bond donors (Lipinski definition) is 1. The minimum Gasteiger partial charge on any atom is -0.496 e. The second kappa shape index (κ2) is 5.43. The van der Waals surface area contributed by atoms with Gasteiger partial charge in [0.2, 0.25) is 0 Å². The predicted octanol–water partition coefficient (Wildman–Crippen LogP) is 1.92. The van der Waals surface area contributed by atoms with Crippen LogP contribution in [0.5, 0.6) is 5.75 Å². The van der Waals surface area contributed by atoms with Crippen molar-refractivity contribution in [1.29, 1.82) is 0 Å². The van der Waals surface area contributed by atoms with Crippen molar-refractivity contribution in [3.05, 3.63) is 42.1 Å². The molecule has 1 heterocycles. The fourth-order valence-corrected chi connectivity index (χ4v) is 1.76. The highest BCUT2D eigenvalue weighted by Crippen LogP contribution is 2.31. The Kier molecular flexibility index (Phi) is 3.70. The maximum Gasteiger partial charge on any atom is 0.307 e. The van der Waals surface area contributed by atoms with E-state index in [9.17, 15) is 9.18 Å². The van der Waals surface area contributed by atoms with Crippen LogP contribution < -0.4 is 4.74 Å². The molecule has 1 N–H and O–H groups in total. The Balaban J connectivity index is 2.58. The van der Waals surface area contributed by atoms with Gasteiger partial charge < -0.3 is 9.84 Å². The molecule has 0 fully saturated rings. The van der Waals surface area contributed by atoms with E-state index in [0.717, 1.165) is 0 Å². The molecule has 2 rings (SSSR count). The molecular weight excluding hydrogens is 251 g/mol. The van der Waals surface area contributed by atoms with E-state index >= 15 is 0 Å². The second-order valence-corrected chi connectivity index (χ2v) is 3.81. The summed E-state index contributed by atoms with van der Waals surface area (Å²) in [6, 6.07) is 3.99. The van der Waals surface area contributed by atoms with E-state index in [1.54, 1.807) is 0 Å². The van der Waals surface area contributed by atoms with E-state index in [2.05, 4.69) is 9.97 Å². The van der Waals surface area contributed by atoms with Crippen molar-refractivity contribution in [2.45, 2.75) is 6.42 Å². The average molecular weight is 262 g/mol. The van der Waals surface area contributed by atoms with Gasteiger partial charge in [-0.05, 0) is 18.2 Å². The van der Waals surface area contributed by atoms with Gasteiger partial charge in [0, 0.05) is 17.3 Å². The molecule has 1 aromatic carbocycles. The lowest BCUT2D eigenvalue weighted by Gasteiger charge is -2.10. The van der Waals surface area contributed by atoms with Crippen LogP contribution in [0.4, 0.5) is 4.39 Å². The number of hydrogen-bond acceptors (Lipinski definition) is 4. The summed E-state index contributed by atoms with van der Waals surface area (Å²) in [7, 11) is 1.45. The Morgan fingerprint density at radius 3 is 2.95 bits per heavy atom. The molecule has 1 aromatic heterocycles. The first-order valence-electron chi connectivity index (χ1n) is 5.46. The summed E-state index contributed by atoms with van der Waals surface area (Å²) in [6.45, 7) is 0. The number of carbonyl (C=O) groups is 1. The summed E-state index contributed by atoms with van der Waals surface area (Å²) in [5.74, 6) is -1.03. The van der Waals surface area contributed by atoms with Gasteiger partial charge in [-0.1, -0.05) is 0 Å². The summed E-state index contributed by atoms with van der Waals surface area (Å²) in [5, 5.41) is 8.86. The van der Waals surface area contributed by atoms with Crippen molar-refractivity contribution in [1.82, 2.24) is 9.97 Å². The number of methoxy groups -OCH3 is 1. The molecule has 0 amide bonds. The van der Waals surface area contributed by atoms with E-state index in [1.807, 2.05) is 0 Å². The van der Waals surface area contributed by atoms with Gasteiger partial charge in [0.1, 0.15) is 17.9 Å². The van der Waals surface area contributed by atoms with Crippen molar-refractivity contribution in [2.75, 3.05) is 7.11 Å². The van der Waals surface area contributed by atoms with Crippen LogP contribution in [0.2, 0.25) is 0 Å². The molecule has 19 heavy (non-hydrogen) atoms. The van der Waals surface area contributed by atoms with Crippen LogP contribution in [0.25, 0.3) is 11.3 Å². The Morgan fingerprint density at radius 1 is 1.47 bits per heavy atom. The van der Waals surface area contributed by atoms with Crippen molar-refractivity contribution < 1.29 is 19.0 Å². The molecule has 98 valence electrons. The smallest absolute Gasteiger partial charge is 0.307 e. The number of aliphatic carboxylic acids is 1. The maximum atomic E-state index is 13.3. The molecule has 0 atom stereocenters. The Hall–Kier alpha value is -2.50. The first kappa shape index (κ1) is 12.9. The van der Waals surface area contributed by atoms with Crippen LogP contribution in [-0.2, 0) is 11.2 Å². The average Bonchev–Trinajstić information content (AvgIpc) is 2.38. The molecule has 0 saturated heterocycles. The molecule has 6 heteroatoms. The van der Waals surface area contributed by atoms with Gasteiger partial charge in [-0.15, -0.1) is 0 Å². The molecule has 0 aliphatic rings. The molecule has 0 aliphatic heterocycles. The second-order valence-electron chi connectivity index (χ2n) is 3.81. The molecule has 5 nitrogen and oxygen atoms in total. The predicted molar refractivity (Wildman–Crippen MR) is 65.3 cm³/mol. The monoisotopic (exact) mass is 262 g/mol. The molecule has 0 aliphatic carbocycles. The number of carboxylic acid groups (broad SMARTS) is 1. The quantitative estimate of drug-likeness (QED) is 0.911. The van der Waals surface area contributed by atoms with Gasteiger partial charge in [-0.3, -0.25) is 4.79 Å². The molecule has 0 radical (unpaired) electrons. The topological polar surface area (TPSA) is 72.3 Å². The van der Waals surface area contributed by atoms with Crippen LogP contribution in [0, 0.1) is 5.82 Å². The lowest BCUT2D eigenvalue weighted by atomic mass is 10.0. The molecule has 2 aromatic rings. The SMILES string of the molecule is COc1ccc(F)cc1-c1ncncc1CC(=O)O. The zero-order valence-electron chi connectivity index (χ0n) is 10.1. The third-order valence-electron chi connectivity index (χ3n) is 2.55. The zero-order valence-corrected chi connectivity index (χ0v) is 10.1. The fraction of sp³-hybridized carbons (Fsp3) is 0.154. The van der Waals surface area contributed by atoms with Gasteiger partial charge in [0.05, 0.1) is 19.2 Å². The van der Waals surface area contributed by atoms with Crippen molar-refractivity contribution in [3.63, 3.8) is 0 Å². The third kappa shape index (κ3) is 2.85. The number of nitrogens with zero attached hydrogens (tertiary/aromatic N) is 2. The molecular formula is C13H11FN2O3. The highest BCUT2D eigenvalue weighted by atomic mass is 19.1. The van der Waals surface area contributed by atoms with Gasteiger partial charge in [0.15, 0.2) is 0 Å². The van der Waals surface area contributed by atoms with E-state index < -0.39 is 11.8 Å². The standard InChI is InChI=1S/C13H11FN2O3/c1-19-11-3-2-9(14)5-10(11)13-8(4-12(17)18)6-15-7-16-13/h2-3,5-7H,4H2,1H3,(H,17,18). The van der Waals surface area contributed by atoms with Gasteiger partial charge in [-0.25, -0.2) is 14.4 Å². The van der Waals surface area contributed by atoms with E-state index in [1.165, 1.54) is 37.8 Å². The van der Waals surface area contributed by atoms with Crippen molar-refractivity contribution in [2.24, 2.45) is 0 Å². The Morgan fingerprint density at radius 2 is 2.26 bits per heavy atom. The summed E-state index contributed by atoms with van der Waals surface area (Å²) in [4.78, 5) is 18.6. The number of aromatic nitrogens is 2. The number of halogens is 1. The van der Waals surface area contributed by atoms with E-state index in [4.69, 9.17) is 9.84 Å². The highest BCUT2D eigenvalue weighted by Gasteiger charge is 2.15. The minimum atomic E-state index is -1.01. The van der Waals surface area contributed by atoms with Crippen molar-refractivity contribution in [3.8, 4) is 17.0 Å². The number of ether oxygens (including phenoxy) is 1. The number of carboxylic acids is 1. The molecule has 0 spiro atoms. The van der Waals surface area contributed by atoms with Gasteiger partial charge >= 0.3 is 5.97 Å². The van der Waals surface area contributed by atoms with Crippen LogP contribution in [0.1, 0.15) is 5.56 Å². The Labute approximate surface area is 108 Å². The van der Waals surface area contributed by atoms with E-state index in [-0.39, 0.29) is 6.42 Å².